The zero-order valence-electron chi connectivity index (χ0n) is 57.0. The molecule has 0 N–H and O–H groups in total. The summed E-state index contributed by atoms with van der Waals surface area (Å²) in [5.41, 5.74) is 27.0. The summed E-state index contributed by atoms with van der Waals surface area (Å²) in [5, 5.41) is 17.6. The standard InChI is InChI=1S/C103H65N/c1-3-22-80(23-4-1)103(81-24-5-2-6-25-81)99-64-79(96-63-78-21-9-12-28-85(78)88-31-15-18-34-91(88)96)51-55-92(99)93-56-54-82(65-100(93)103)104-101-57-52-74(70-39-35-66(36-40-70)68-43-47-72(48-44-68)94-61-76-19-7-10-26-83(76)86-29-13-16-32-89(86)94)59-97(101)98-60-75(53-58-102(98)104)71-41-37-67(38-42-71)69-45-49-73(50-46-69)95-62-77-20-8-11-27-84(77)87-30-14-17-33-90(87)95/h1-65H. The van der Waals surface area contributed by atoms with Crippen LogP contribution in [0.3, 0.4) is 0 Å². The number of rotatable bonds is 10. The molecule has 1 aromatic heterocycles. The summed E-state index contributed by atoms with van der Waals surface area (Å²) in [6.07, 6.45) is 0. The molecular formula is C103H65N. The van der Waals surface area contributed by atoms with Gasteiger partial charge in [-0.2, -0.15) is 0 Å². The maximum Gasteiger partial charge on any atom is 0.0714 e. The maximum atomic E-state index is 2.52. The molecule has 0 spiro atoms. The number of hydrogen-bond acceptors (Lipinski definition) is 0. The molecular weight excluding hydrogens is 1250 g/mol. The maximum absolute atomic E-state index is 2.52. The summed E-state index contributed by atoms with van der Waals surface area (Å²) in [7, 11) is 0. The van der Waals surface area contributed by atoms with Gasteiger partial charge in [0.15, 0.2) is 0 Å². The lowest BCUT2D eigenvalue weighted by molar-refractivity contribution is 0.768. The zero-order chi connectivity index (χ0) is 68.4. The molecule has 482 valence electrons. The van der Waals surface area contributed by atoms with Gasteiger partial charge < -0.3 is 4.57 Å². The summed E-state index contributed by atoms with van der Waals surface area (Å²) < 4.78 is 2.52. The second kappa shape index (κ2) is 23.9. The van der Waals surface area contributed by atoms with Gasteiger partial charge in [-0.25, -0.2) is 0 Å². The first-order chi connectivity index (χ1) is 51.5. The molecule has 0 amide bonds. The second-order valence-corrected chi connectivity index (χ2v) is 28.2. The fourth-order valence-corrected chi connectivity index (χ4v) is 17.7. The van der Waals surface area contributed by atoms with Crippen LogP contribution < -0.4 is 0 Å². The van der Waals surface area contributed by atoms with E-state index in [1.807, 2.05) is 0 Å². The Kier molecular flexibility index (Phi) is 13.6. The summed E-state index contributed by atoms with van der Waals surface area (Å²) in [6.45, 7) is 0. The Labute approximate surface area is 603 Å². The van der Waals surface area contributed by atoms with Crippen molar-refractivity contribution >= 4 is 86.4 Å². The van der Waals surface area contributed by atoms with Crippen LogP contribution in [-0.2, 0) is 5.41 Å². The molecule has 0 atom stereocenters. The Hall–Kier alpha value is -13.5. The van der Waals surface area contributed by atoms with Crippen LogP contribution in [0.4, 0.5) is 0 Å². The first-order valence-corrected chi connectivity index (χ1v) is 36.2. The van der Waals surface area contributed by atoms with Crippen LogP contribution in [0.15, 0.2) is 394 Å². The smallest absolute Gasteiger partial charge is 0.0714 e. The van der Waals surface area contributed by atoms with E-state index in [1.54, 1.807) is 0 Å². The van der Waals surface area contributed by atoms with Crippen molar-refractivity contribution in [3.8, 4) is 94.7 Å². The second-order valence-electron chi connectivity index (χ2n) is 28.2. The van der Waals surface area contributed by atoms with E-state index in [9.17, 15) is 0 Å². The third kappa shape index (κ3) is 9.41. The largest absolute Gasteiger partial charge is 0.309 e. The molecule has 0 fully saturated rings. The minimum atomic E-state index is -0.661. The van der Waals surface area contributed by atoms with E-state index < -0.39 is 5.41 Å². The minimum Gasteiger partial charge on any atom is -0.309 e. The van der Waals surface area contributed by atoms with Crippen LogP contribution in [0.2, 0.25) is 0 Å². The van der Waals surface area contributed by atoms with Gasteiger partial charge in [-0.15, -0.1) is 0 Å². The SMILES string of the molecule is c1ccc(C2(c3ccccc3)c3cc(-c4cc5ccccc5c5ccccc45)ccc3-c3ccc(-n4c5ccc(-c6ccc(-c7ccc(-c8cc9ccccc9c9ccccc89)cc7)cc6)cc5c5cc(-c6ccc(-c7ccc(-c8cc9ccccc9c9ccccc89)cc7)cc6)ccc54)cc32)cc1. The quantitative estimate of drug-likeness (QED) is 0.120. The first kappa shape index (κ1) is 59.4. The molecule has 0 saturated heterocycles. The van der Waals surface area contributed by atoms with Crippen molar-refractivity contribution in [1.29, 1.82) is 0 Å². The lowest BCUT2D eigenvalue weighted by atomic mass is 9.67. The van der Waals surface area contributed by atoms with Crippen molar-refractivity contribution in [2.45, 2.75) is 5.41 Å². The number of fused-ring (bicyclic) bond motifs is 15. The normalized spacial score (nSPS) is 12.5. The molecule has 1 aliphatic rings. The molecule has 0 aliphatic heterocycles. The molecule has 0 radical (unpaired) electrons. The van der Waals surface area contributed by atoms with E-state index in [0.717, 1.165) is 16.7 Å². The van der Waals surface area contributed by atoms with E-state index >= 15 is 0 Å². The van der Waals surface area contributed by atoms with E-state index in [-0.39, 0.29) is 0 Å². The van der Waals surface area contributed by atoms with Crippen LogP contribution in [0, 0.1) is 0 Å². The third-order valence-corrected chi connectivity index (χ3v) is 22.7. The predicted molar refractivity (Wildman–Crippen MR) is 441 cm³/mol. The van der Waals surface area contributed by atoms with Crippen LogP contribution in [0.5, 0.6) is 0 Å². The van der Waals surface area contributed by atoms with Gasteiger partial charge in [0.2, 0.25) is 0 Å². The molecule has 21 rings (SSSR count). The van der Waals surface area contributed by atoms with Gasteiger partial charge in [0.1, 0.15) is 0 Å². The molecule has 0 unspecified atom stereocenters. The molecule has 1 heterocycles. The molecule has 104 heavy (non-hydrogen) atoms. The van der Waals surface area contributed by atoms with E-state index in [1.165, 1.54) is 187 Å². The monoisotopic (exact) mass is 1320 g/mol. The minimum absolute atomic E-state index is 0.661. The Morgan fingerprint density at radius 1 is 0.163 bits per heavy atom. The van der Waals surface area contributed by atoms with Gasteiger partial charge in [0.05, 0.1) is 16.4 Å². The van der Waals surface area contributed by atoms with Crippen molar-refractivity contribution in [3.63, 3.8) is 0 Å². The molecule has 20 aromatic rings. The van der Waals surface area contributed by atoms with Crippen molar-refractivity contribution < 1.29 is 0 Å². The van der Waals surface area contributed by atoms with Crippen molar-refractivity contribution in [1.82, 2.24) is 4.57 Å². The first-order valence-electron chi connectivity index (χ1n) is 36.2. The van der Waals surface area contributed by atoms with Crippen molar-refractivity contribution in [2.75, 3.05) is 0 Å². The molecule has 1 nitrogen and oxygen atoms in total. The lowest BCUT2D eigenvalue weighted by Gasteiger charge is -2.34. The Morgan fingerprint density at radius 3 is 0.846 bits per heavy atom. The van der Waals surface area contributed by atoms with E-state index in [4.69, 9.17) is 0 Å². The van der Waals surface area contributed by atoms with Crippen LogP contribution in [0.1, 0.15) is 22.3 Å². The fraction of sp³-hybridized carbons (Fsp3) is 0.00971. The van der Waals surface area contributed by atoms with Crippen LogP contribution >= 0.6 is 0 Å². The summed E-state index contributed by atoms with van der Waals surface area (Å²) in [5.74, 6) is 0. The van der Waals surface area contributed by atoms with Gasteiger partial charge in [0, 0.05) is 16.5 Å². The van der Waals surface area contributed by atoms with Crippen LogP contribution in [0.25, 0.3) is 181 Å². The number of aromatic nitrogens is 1. The van der Waals surface area contributed by atoms with Crippen LogP contribution in [-0.4, -0.2) is 4.57 Å². The molecule has 0 saturated carbocycles. The summed E-state index contributed by atoms with van der Waals surface area (Å²) in [6, 6.07) is 148. The van der Waals surface area contributed by atoms with Gasteiger partial charge >= 0.3 is 0 Å². The highest BCUT2D eigenvalue weighted by atomic mass is 15.0. The molecule has 19 aromatic carbocycles. The zero-order valence-corrected chi connectivity index (χ0v) is 57.0. The van der Waals surface area contributed by atoms with Gasteiger partial charge in [0.25, 0.3) is 0 Å². The Bertz CT molecular complexity index is 6540. The van der Waals surface area contributed by atoms with Gasteiger partial charge in [-0.1, -0.05) is 334 Å². The number of benzene rings is 19. The molecule has 1 aliphatic carbocycles. The third-order valence-electron chi connectivity index (χ3n) is 22.7. The highest BCUT2D eigenvalue weighted by Crippen LogP contribution is 2.58. The van der Waals surface area contributed by atoms with E-state index in [2.05, 4.69) is 399 Å². The number of hydrogen-bond donors (Lipinski definition) is 0. The lowest BCUT2D eigenvalue weighted by Crippen LogP contribution is -2.28. The van der Waals surface area contributed by atoms with Crippen molar-refractivity contribution in [3.05, 3.63) is 417 Å². The molecule has 1 heteroatoms. The topological polar surface area (TPSA) is 4.93 Å². The van der Waals surface area contributed by atoms with Gasteiger partial charge in [-0.05, 0) is 237 Å². The summed E-state index contributed by atoms with van der Waals surface area (Å²) in [4.78, 5) is 0. The van der Waals surface area contributed by atoms with Gasteiger partial charge in [-0.3, -0.25) is 0 Å². The highest BCUT2D eigenvalue weighted by molar-refractivity contribution is 6.17. The Balaban J connectivity index is 0.689. The van der Waals surface area contributed by atoms with E-state index in [0.29, 0.717) is 0 Å². The van der Waals surface area contributed by atoms with Crippen molar-refractivity contribution in [2.24, 2.45) is 0 Å². The highest BCUT2D eigenvalue weighted by Gasteiger charge is 2.47. The Morgan fingerprint density at radius 2 is 0.452 bits per heavy atom. The number of nitrogens with zero attached hydrogens (tertiary/aromatic N) is 1. The summed E-state index contributed by atoms with van der Waals surface area (Å²) >= 11 is 0. The average Bonchev–Trinajstić information content (AvgIpc) is 1.52. The average molecular weight is 1320 g/mol. The predicted octanol–water partition coefficient (Wildman–Crippen LogP) is 27.7. The fourth-order valence-electron chi connectivity index (χ4n) is 17.7. The molecule has 0 bridgehead atoms.